The quantitative estimate of drug-likeness (QED) is 0.505. The van der Waals surface area contributed by atoms with Crippen LogP contribution in [0.1, 0.15) is 56.8 Å². The molecule has 0 saturated carbocycles. The molecule has 0 radical (unpaired) electrons. The molecule has 30 heavy (non-hydrogen) atoms. The van der Waals surface area contributed by atoms with Gasteiger partial charge in [0.05, 0.1) is 5.56 Å². The van der Waals surface area contributed by atoms with Gasteiger partial charge >= 0.3 is 5.97 Å². The zero-order valence-corrected chi connectivity index (χ0v) is 18.0. The van der Waals surface area contributed by atoms with Crippen LogP contribution < -0.4 is 5.32 Å². The standard InChI is InChI=1S/C26H30N2O2/c1-5-21-11-13-22(14-12-21)17-28-19(3)24(25(20(28)4)26(29)30)16-27-15-18(2)23-9-7-6-8-10-23/h5-14,18,27H,1,15-17H2,2-4H3,(H,29,30)/t18-/m0/s1. The topological polar surface area (TPSA) is 54.3 Å². The molecule has 4 nitrogen and oxygen atoms in total. The number of nitrogens with zero attached hydrogens (tertiary/aromatic N) is 1. The van der Waals surface area contributed by atoms with Crippen LogP contribution in [0, 0.1) is 13.8 Å². The zero-order valence-electron chi connectivity index (χ0n) is 18.0. The predicted octanol–water partition coefficient (Wildman–Crippen LogP) is 5.39. The number of rotatable bonds is 9. The monoisotopic (exact) mass is 402 g/mol. The molecule has 0 aliphatic carbocycles. The minimum Gasteiger partial charge on any atom is -0.478 e. The minimum absolute atomic E-state index is 0.353. The number of nitrogens with one attached hydrogen (secondary N) is 1. The number of hydrogen-bond acceptors (Lipinski definition) is 2. The van der Waals surface area contributed by atoms with Crippen molar-refractivity contribution < 1.29 is 9.90 Å². The summed E-state index contributed by atoms with van der Waals surface area (Å²) in [6.07, 6.45) is 1.82. The zero-order chi connectivity index (χ0) is 21.7. The number of hydrogen-bond donors (Lipinski definition) is 2. The van der Waals surface area contributed by atoms with E-state index in [1.165, 1.54) is 5.56 Å². The number of aromatic carboxylic acids is 1. The molecule has 0 unspecified atom stereocenters. The predicted molar refractivity (Wildman–Crippen MR) is 123 cm³/mol. The van der Waals surface area contributed by atoms with Gasteiger partial charge in [-0.1, -0.05) is 74.2 Å². The normalized spacial score (nSPS) is 12.0. The van der Waals surface area contributed by atoms with Crippen molar-refractivity contribution in [3.05, 3.63) is 100 Å². The summed E-state index contributed by atoms with van der Waals surface area (Å²) in [4.78, 5) is 12.0. The number of carboxylic acid groups (broad SMARTS) is 1. The first-order chi connectivity index (χ1) is 14.4. The van der Waals surface area contributed by atoms with Crippen LogP contribution >= 0.6 is 0 Å². The SMILES string of the molecule is C=Cc1ccc(Cn2c(C)c(CNC[C@H](C)c3ccccc3)c(C(=O)O)c2C)cc1. The molecule has 0 aliphatic heterocycles. The Balaban J connectivity index is 1.78. The summed E-state index contributed by atoms with van der Waals surface area (Å²) in [6, 6.07) is 18.5. The van der Waals surface area contributed by atoms with Gasteiger partial charge in [-0.25, -0.2) is 4.79 Å². The fourth-order valence-corrected chi connectivity index (χ4v) is 3.94. The third-order valence-corrected chi connectivity index (χ3v) is 5.80. The Hall–Kier alpha value is -3.11. The summed E-state index contributed by atoms with van der Waals surface area (Å²) in [5.74, 6) is -0.518. The highest BCUT2D eigenvalue weighted by Crippen LogP contribution is 2.24. The first kappa shape index (κ1) is 21.6. The van der Waals surface area contributed by atoms with Gasteiger partial charge in [0.2, 0.25) is 0 Å². The molecule has 2 aromatic carbocycles. The van der Waals surface area contributed by atoms with Gasteiger partial charge in [-0.05, 0) is 36.5 Å². The van der Waals surface area contributed by atoms with Gasteiger partial charge in [0.25, 0.3) is 0 Å². The Morgan fingerprint density at radius 2 is 1.77 bits per heavy atom. The van der Waals surface area contributed by atoms with Crippen LogP contribution in [0.3, 0.4) is 0 Å². The van der Waals surface area contributed by atoms with Gasteiger partial charge in [-0.3, -0.25) is 0 Å². The highest BCUT2D eigenvalue weighted by atomic mass is 16.4. The maximum absolute atomic E-state index is 12.0. The van der Waals surface area contributed by atoms with Crippen molar-refractivity contribution in [3.63, 3.8) is 0 Å². The van der Waals surface area contributed by atoms with E-state index in [-0.39, 0.29) is 0 Å². The molecule has 0 saturated heterocycles. The summed E-state index contributed by atoms with van der Waals surface area (Å²) in [7, 11) is 0. The molecule has 3 aromatic rings. The van der Waals surface area contributed by atoms with Gasteiger partial charge < -0.3 is 15.0 Å². The Labute approximate surface area is 178 Å². The summed E-state index contributed by atoms with van der Waals surface area (Å²) in [5, 5.41) is 13.3. The fourth-order valence-electron chi connectivity index (χ4n) is 3.94. The second-order valence-electron chi connectivity index (χ2n) is 7.80. The molecule has 1 aromatic heterocycles. The summed E-state index contributed by atoms with van der Waals surface area (Å²) >= 11 is 0. The van der Waals surface area contributed by atoms with E-state index in [9.17, 15) is 9.90 Å². The van der Waals surface area contributed by atoms with Crippen LogP contribution in [0.25, 0.3) is 6.08 Å². The van der Waals surface area contributed by atoms with Crippen molar-refractivity contribution >= 4 is 12.0 Å². The van der Waals surface area contributed by atoms with Gasteiger partial charge in [-0.15, -0.1) is 0 Å². The third-order valence-electron chi connectivity index (χ3n) is 5.80. The first-order valence-electron chi connectivity index (χ1n) is 10.3. The van der Waals surface area contributed by atoms with Crippen molar-refractivity contribution in [2.24, 2.45) is 0 Å². The van der Waals surface area contributed by atoms with Crippen molar-refractivity contribution in [3.8, 4) is 0 Å². The Morgan fingerprint density at radius 1 is 1.10 bits per heavy atom. The highest BCUT2D eigenvalue weighted by molar-refractivity contribution is 5.91. The molecular weight excluding hydrogens is 372 g/mol. The molecule has 2 N–H and O–H groups in total. The van der Waals surface area contributed by atoms with Crippen LogP contribution in [0.2, 0.25) is 0 Å². The lowest BCUT2D eigenvalue weighted by Crippen LogP contribution is -2.21. The number of carboxylic acids is 1. The average molecular weight is 403 g/mol. The summed E-state index contributed by atoms with van der Waals surface area (Å²) in [5.41, 5.74) is 6.55. The van der Waals surface area contributed by atoms with Crippen molar-refractivity contribution in [2.45, 2.75) is 39.8 Å². The van der Waals surface area contributed by atoms with E-state index in [2.05, 4.69) is 47.7 Å². The second-order valence-corrected chi connectivity index (χ2v) is 7.80. The molecule has 1 atom stereocenters. The molecule has 4 heteroatoms. The third kappa shape index (κ3) is 4.71. The number of aromatic nitrogens is 1. The number of carbonyl (C=O) groups is 1. The molecular formula is C26H30N2O2. The van der Waals surface area contributed by atoms with Crippen molar-refractivity contribution in [1.29, 1.82) is 0 Å². The van der Waals surface area contributed by atoms with Crippen molar-refractivity contribution in [2.75, 3.05) is 6.54 Å². The van der Waals surface area contributed by atoms with E-state index in [4.69, 9.17) is 0 Å². The summed E-state index contributed by atoms with van der Waals surface area (Å²) < 4.78 is 2.10. The molecule has 0 bridgehead atoms. The van der Waals surface area contributed by atoms with E-state index >= 15 is 0 Å². The van der Waals surface area contributed by atoms with E-state index < -0.39 is 5.97 Å². The lowest BCUT2D eigenvalue weighted by molar-refractivity contribution is 0.0694. The van der Waals surface area contributed by atoms with Crippen LogP contribution in [-0.2, 0) is 13.1 Å². The molecule has 3 rings (SSSR count). The molecule has 1 heterocycles. The Bertz CT molecular complexity index is 1020. The smallest absolute Gasteiger partial charge is 0.337 e. The van der Waals surface area contributed by atoms with Crippen LogP contribution in [0.4, 0.5) is 0 Å². The van der Waals surface area contributed by atoms with E-state index in [0.29, 0.717) is 24.6 Å². The fraction of sp³-hybridized carbons (Fsp3) is 0.269. The van der Waals surface area contributed by atoms with Crippen molar-refractivity contribution in [1.82, 2.24) is 9.88 Å². The van der Waals surface area contributed by atoms with Crippen LogP contribution in [-0.4, -0.2) is 22.2 Å². The minimum atomic E-state index is -0.871. The first-order valence-corrected chi connectivity index (χ1v) is 10.3. The summed E-state index contributed by atoms with van der Waals surface area (Å²) in [6.45, 7) is 11.8. The highest BCUT2D eigenvalue weighted by Gasteiger charge is 2.22. The largest absolute Gasteiger partial charge is 0.478 e. The lowest BCUT2D eigenvalue weighted by Gasteiger charge is -2.14. The van der Waals surface area contributed by atoms with E-state index in [1.54, 1.807) is 0 Å². The Kier molecular flexibility index (Phi) is 6.91. The lowest BCUT2D eigenvalue weighted by atomic mass is 10.0. The maximum Gasteiger partial charge on any atom is 0.337 e. The molecule has 0 amide bonds. The average Bonchev–Trinajstić information content (AvgIpc) is 2.99. The maximum atomic E-state index is 12.0. The van der Waals surface area contributed by atoms with E-state index in [1.807, 2.05) is 50.3 Å². The Morgan fingerprint density at radius 3 is 2.37 bits per heavy atom. The molecule has 0 spiro atoms. The second kappa shape index (κ2) is 9.59. The van der Waals surface area contributed by atoms with Gasteiger partial charge in [0.1, 0.15) is 0 Å². The van der Waals surface area contributed by atoms with Gasteiger partial charge in [0, 0.05) is 36.6 Å². The van der Waals surface area contributed by atoms with Gasteiger partial charge in [-0.2, -0.15) is 0 Å². The van der Waals surface area contributed by atoms with Crippen LogP contribution in [0.15, 0.2) is 61.2 Å². The van der Waals surface area contributed by atoms with Gasteiger partial charge in [0.15, 0.2) is 0 Å². The number of benzene rings is 2. The van der Waals surface area contributed by atoms with Crippen LogP contribution in [0.5, 0.6) is 0 Å². The molecule has 0 aliphatic rings. The molecule has 0 fully saturated rings. The molecule has 156 valence electrons. The van der Waals surface area contributed by atoms with E-state index in [0.717, 1.165) is 34.6 Å².